The van der Waals surface area contributed by atoms with Crippen molar-refractivity contribution in [2.45, 2.75) is 97.1 Å². The first kappa shape index (κ1) is 27.7. The van der Waals surface area contributed by atoms with E-state index in [1.807, 2.05) is 25.3 Å². The van der Waals surface area contributed by atoms with Crippen molar-refractivity contribution in [2.75, 3.05) is 18.5 Å². The number of aliphatic hydroxyl groups is 1. The minimum Gasteiger partial charge on any atom is -0.387 e. The van der Waals surface area contributed by atoms with E-state index in [1.165, 1.54) is 38.5 Å². The average molecular weight is 546 g/mol. The molecule has 0 amide bonds. The van der Waals surface area contributed by atoms with Gasteiger partial charge in [0.25, 0.3) is 0 Å². The number of nitrogens with zero attached hydrogens (tertiary/aromatic N) is 4. The molecule has 2 N–H and O–H groups in total. The van der Waals surface area contributed by atoms with Crippen molar-refractivity contribution < 1.29 is 9.84 Å². The summed E-state index contributed by atoms with van der Waals surface area (Å²) in [6.45, 7) is 10.7. The van der Waals surface area contributed by atoms with Crippen LogP contribution in [0.25, 0.3) is 5.69 Å². The van der Waals surface area contributed by atoms with Crippen LogP contribution in [0.2, 0.25) is 0 Å². The Balaban J connectivity index is 1.12. The van der Waals surface area contributed by atoms with Gasteiger partial charge in [-0.2, -0.15) is 10.4 Å². The Bertz CT molecular complexity index is 1240. The molecule has 216 valence electrons. The molecule has 0 aliphatic heterocycles. The lowest BCUT2D eigenvalue weighted by molar-refractivity contribution is -0.165. The summed E-state index contributed by atoms with van der Waals surface area (Å²) < 4.78 is 7.39. The average Bonchev–Trinajstić information content (AvgIpc) is 3.57. The molecule has 4 aliphatic rings. The summed E-state index contributed by atoms with van der Waals surface area (Å²) in [6.07, 6.45) is 15.9. The Morgan fingerprint density at radius 3 is 2.65 bits per heavy atom. The Hall–Kier alpha value is -2.43. The van der Waals surface area contributed by atoms with Gasteiger partial charge in [-0.1, -0.05) is 13.8 Å². The molecule has 2 unspecified atom stereocenters. The maximum atomic E-state index is 11.3. The van der Waals surface area contributed by atoms with Crippen LogP contribution < -0.4 is 5.32 Å². The fourth-order valence-corrected chi connectivity index (χ4v) is 10.1. The lowest BCUT2D eigenvalue weighted by Gasteiger charge is -2.62. The van der Waals surface area contributed by atoms with Gasteiger partial charge in [0.2, 0.25) is 0 Å². The van der Waals surface area contributed by atoms with Gasteiger partial charge < -0.3 is 15.2 Å². The van der Waals surface area contributed by atoms with E-state index in [1.54, 1.807) is 17.1 Å². The van der Waals surface area contributed by atoms with Gasteiger partial charge in [-0.15, -0.1) is 0 Å². The zero-order chi connectivity index (χ0) is 28.1. The third-order valence-corrected chi connectivity index (χ3v) is 12.2. The molecule has 2 aromatic rings. The van der Waals surface area contributed by atoms with Gasteiger partial charge in [-0.25, -0.2) is 9.67 Å². The fraction of sp³-hybridized carbons (Fsp3) is 0.727. The minimum atomic E-state index is -0.625. The van der Waals surface area contributed by atoms with Gasteiger partial charge in [0, 0.05) is 18.8 Å². The second kappa shape index (κ2) is 10.4. The van der Waals surface area contributed by atoms with Crippen molar-refractivity contribution >= 4 is 5.82 Å². The molecule has 2 aromatic heterocycles. The number of hydrogen-bond acceptors (Lipinski definition) is 6. The Morgan fingerprint density at radius 1 is 1.10 bits per heavy atom. The highest BCUT2D eigenvalue weighted by atomic mass is 16.5. The number of nitrogens with one attached hydrogen (secondary N) is 1. The van der Waals surface area contributed by atoms with Crippen LogP contribution in [0.15, 0.2) is 30.7 Å². The van der Waals surface area contributed by atoms with E-state index in [-0.39, 0.29) is 0 Å². The Labute approximate surface area is 239 Å². The number of pyridine rings is 1. The van der Waals surface area contributed by atoms with Crippen molar-refractivity contribution in [3.05, 3.63) is 36.3 Å². The Morgan fingerprint density at radius 2 is 1.93 bits per heavy atom. The van der Waals surface area contributed by atoms with Crippen molar-refractivity contribution in [2.24, 2.45) is 40.4 Å². The molecular formula is C33H47N5O2. The maximum Gasteiger partial charge on any atom is 0.126 e. The summed E-state index contributed by atoms with van der Waals surface area (Å²) >= 11 is 0. The number of aromatic nitrogens is 3. The first-order valence-electron chi connectivity index (χ1n) is 15.7. The molecule has 4 fully saturated rings. The summed E-state index contributed by atoms with van der Waals surface area (Å²) in [5.41, 5.74) is 1.50. The van der Waals surface area contributed by atoms with Gasteiger partial charge in [0.15, 0.2) is 0 Å². The van der Waals surface area contributed by atoms with E-state index in [4.69, 9.17) is 15.0 Å². The van der Waals surface area contributed by atoms with Crippen LogP contribution in [0.5, 0.6) is 0 Å². The number of rotatable bonds is 7. The van der Waals surface area contributed by atoms with E-state index in [2.05, 4.69) is 37.3 Å². The zero-order valence-corrected chi connectivity index (χ0v) is 24.8. The number of nitriles is 1. The van der Waals surface area contributed by atoms with Crippen molar-refractivity contribution in [1.82, 2.24) is 14.8 Å². The van der Waals surface area contributed by atoms with E-state index < -0.39 is 5.60 Å². The first-order chi connectivity index (χ1) is 19.2. The molecule has 2 heterocycles. The summed E-state index contributed by atoms with van der Waals surface area (Å²) in [7, 11) is 0. The second-order valence-electron chi connectivity index (χ2n) is 14.1. The van der Waals surface area contributed by atoms with Crippen molar-refractivity contribution in [3.63, 3.8) is 0 Å². The molecule has 4 saturated carbocycles. The molecule has 0 aromatic carbocycles. The van der Waals surface area contributed by atoms with Gasteiger partial charge >= 0.3 is 0 Å². The standard InChI is InChI=1S/C33H47N5O2/c1-5-40-21-33(39)15-14-31(3)24(16-33)6-8-26-28-10-9-27(32(28,4)13-12-29(26)31)22(2)37-30-11-7-25(19-35-30)38-20-23(17-34)18-36-38/h7,11,18-20,22,24,26-29,39H,5-6,8-10,12-16,21H2,1-4H3,(H,35,37)/t22-,24-,26+,27?,28?,29+,31+,32-,33-/m1/s1. The molecule has 0 bridgehead atoms. The highest BCUT2D eigenvalue weighted by molar-refractivity contribution is 5.42. The minimum absolute atomic E-state index is 0.356. The smallest absolute Gasteiger partial charge is 0.126 e. The lowest BCUT2D eigenvalue weighted by atomic mass is 9.43. The van der Waals surface area contributed by atoms with E-state index in [0.29, 0.717) is 47.5 Å². The highest BCUT2D eigenvalue weighted by Crippen LogP contribution is 2.68. The van der Waals surface area contributed by atoms with E-state index in [0.717, 1.165) is 48.5 Å². The van der Waals surface area contributed by atoms with Gasteiger partial charge in [-0.3, -0.25) is 0 Å². The summed E-state index contributed by atoms with van der Waals surface area (Å²) in [4.78, 5) is 4.69. The molecule has 0 saturated heterocycles. The topological polar surface area (TPSA) is 96.0 Å². The molecular weight excluding hydrogens is 498 g/mol. The molecule has 6 rings (SSSR count). The third-order valence-electron chi connectivity index (χ3n) is 12.2. The number of hydrogen-bond donors (Lipinski definition) is 2. The Kier molecular flexibility index (Phi) is 7.24. The van der Waals surface area contributed by atoms with Crippen LogP contribution in [-0.2, 0) is 4.74 Å². The zero-order valence-electron chi connectivity index (χ0n) is 24.8. The lowest BCUT2D eigenvalue weighted by Crippen LogP contribution is -2.57. The monoisotopic (exact) mass is 545 g/mol. The van der Waals surface area contributed by atoms with E-state index in [9.17, 15) is 5.11 Å². The van der Waals surface area contributed by atoms with Crippen LogP contribution >= 0.6 is 0 Å². The largest absolute Gasteiger partial charge is 0.387 e. The third kappa shape index (κ3) is 4.65. The molecule has 4 aliphatic carbocycles. The molecule has 7 nitrogen and oxygen atoms in total. The fourth-order valence-electron chi connectivity index (χ4n) is 10.1. The van der Waals surface area contributed by atoms with Gasteiger partial charge in [-0.05, 0) is 124 Å². The van der Waals surface area contributed by atoms with Gasteiger partial charge in [0.1, 0.15) is 11.9 Å². The quantitative estimate of drug-likeness (QED) is 0.420. The maximum absolute atomic E-state index is 11.3. The van der Waals surface area contributed by atoms with Crippen LogP contribution in [0.1, 0.15) is 91.0 Å². The number of ether oxygens (including phenoxy) is 1. The summed E-state index contributed by atoms with van der Waals surface area (Å²) in [6, 6.07) is 6.52. The van der Waals surface area contributed by atoms with E-state index >= 15 is 0 Å². The van der Waals surface area contributed by atoms with Crippen LogP contribution in [0.3, 0.4) is 0 Å². The number of fused-ring (bicyclic) bond motifs is 5. The SMILES string of the molecule is CCOC[C@@]1(O)CC[C@@]2(C)[C@H](CC[C@H]3C4CCC([C@@H](C)Nc5ccc(-n6cc(C#N)cn6)cn5)[C@@]4(C)CC[C@@H]32)C1. The first-order valence-corrected chi connectivity index (χ1v) is 15.7. The highest BCUT2D eigenvalue weighted by Gasteiger charge is 2.61. The molecule has 7 heteroatoms. The predicted octanol–water partition coefficient (Wildman–Crippen LogP) is 6.37. The van der Waals surface area contributed by atoms with Crippen LogP contribution in [-0.4, -0.2) is 44.7 Å². The van der Waals surface area contributed by atoms with Gasteiger partial charge in [0.05, 0.1) is 35.9 Å². The molecule has 0 radical (unpaired) electrons. The molecule has 9 atom stereocenters. The molecule has 0 spiro atoms. The normalized spacial score (nSPS) is 39.5. The van der Waals surface area contributed by atoms with Crippen LogP contribution in [0, 0.1) is 51.8 Å². The summed E-state index contributed by atoms with van der Waals surface area (Å²) in [5.74, 6) is 4.57. The van der Waals surface area contributed by atoms with Crippen LogP contribution in [0.4, 0.5) is 5.82 Å². The molecule has 40 heavy (non-hydrogen) atoms. The number of anilines is 1. The predicted molar refractivity (Wildman–Crippen MR) is 156 cm³/mol. The summed E-state index contributed by atoms with van der Waals surface area (Å²) in [5, 5.41) is 28.4. The van der Waals surface area contributed by atoms with Crippen molar-refractivity contribution in [1.29, 1.82) is 5.26 Å². The van der Waals surface area contributed by atoms with Crippen molar-refractivity contribution in [3.8, 4) is 11.8 Å². The second-order valence-corrected chi connectivity index (χ2v) is 14.1.